The minimum absolute atomic E-state index is 0.0757. The first kappa shape index (κ1) is 15.1. The van der Waals surface area contributed by atoms with Gasteiger partial charge in [0, 0.05) is 5.56 Å². The lowest BCUT2D eigenvalue weighted by molar-refractivity contribution is -0.129. The number of aliphatic hydroxyl groups is 1. The first-order valence-electron chi connectivity index (χ1n) is 7.05. The molecule has 1 aliphatic rings. The van der Waals surface area contributed by atoms with Crippen LogP contribution in [0.3, 0.4) is 0 Å². The largest absolute Gasteiger partial charge is 0.387 e. The number of aliphatic hydroxyl groups excluding tert-OH is 1. The van der Waals surface area contributed by atoms with Crippen LogP contribution in [0.25, 0.3) is 0 Å². The van der Waals surface area contributed by atoms with Crippen molar-refractivity contribution in [2.45, 2.75) is 11.5 Å². The van der Waals surface area contributed by atoms with Crippen LogP contribution < -0.4 is 0 Å². The van der Waals surface area contributed by atoms with E-state index < -0.39 is 6.10 Å². The molecule has 0 aromatic heterocycles. The van der Waals surface area contributed by atoms with Crippen molar-refractivity contribution < 1.29 is 14.3 Å². The van der Waals surface area contributed by atoms with Gasteiger partial charge in [-0.25, -0.2) is 4.39 Å². The zero-order chi connectivity index (χ0) is 15.5. The summed E-state index contributed by atoms with van der Waals surface area (Å²) in [6.07, 6.45) is -0.780. The second-order valence-corrected chi connectivity index (χ2v) is 6.23. The van der Waals surface area contributed by atoms with Gasteiger partial charge in [-0.2, -0.15) is 0 Å². The SMILES string of the molecule is O=C1CS[C@@H](c2ccccc2F)N1C[C@H](O)c1ccccc1. The van der Waals surface area contributed by atoms with Gasteiger partial charge in [0.05, 0.1) is 18.4 Å². The van der Waals surface area contributed by atoms with Crippen molar-refractivity contribution >= 4 is 17.7 Å². The summed E-state index contributed by atoms with van der Waals surface area (Å²) in [6, 6.07) is 15.7. The molecule has 0 saturated carbocycles. The highest BCUT2D eigenvalue weighted by Crippen LogP contribution is 2.40. The Morgan fingerprint density at radius 2 is 1.86 bits per heavy atom. The number of nitrogens with zero attached hydrogens (tertiary/aromatic N) is 1. The Labute approximate surface area is 132 Å². The maximum Gasteiger partial charge on any atom is 0.233 e. The van der Waals surface area contributed by atoms with Crippen molar-refractivity contribution in [1.29, 1.82) is 0 Å². The lowest BCUT2D eigenvalue weighted by Gasteiger charge is -2.27. The maximum atomic E-state index is 14.0. The van der Waals surface area contributed by atoms with Crippen molar-refractivity contribution in [3.05, 3.63) is 71.5 Å². The van der Waals surface area contributed by atoms with Crippen LogP contribution in [0.4, 0.5) is 4.39 Å². The third-order valence-electron chi connectivity index (χ3n) is 3.69. The van der Waals surface area contributed by atoms with Gasteiger partial charge >= 0.3 is 0 Å². The topological polar surface area (TPSA) is 40.5 Å². The predicted molar refractivity (Wildman–Crippen MR) is 84.7 cm³/mol. The minimum atomic E-state index is -0.780. The molecule has 5 heteroatoms. The Bertz CT molecular complexity index is 665. The third-order valence-corrected chi connectivity index (χ3v) is 4.93. The number of carbonyl (C=O) groups excluding carboxylic acids is 1. The second-order valence-electron chi connectivity index (χ2n) is 5.16. The van der Waals surface area contributed by atoms with Crippen LogP contribution >= 0.6 is 11.8 Å². The fraction of sp³-hybridized carbons (Fsp3) is 0.235. The smallest absolute Gasteiger partial charge is 0.233 e. The molecule has 2 aromatic carbocycles. The molecule has 1 aliphatic heterocycles. The van der Waals surface area contributed by atoms with Gasteiger partial charge in [-0.3, -0.25) is 4.79 Å². The van der Waals surface area contributed by atoms with Gasteiger partial charge in [0.25, 0.3) is 0 Å². The molecular weight excluding hydrogens is 301 g/mol. The molecule has 1 saturated heterocycles. The molecule has 0 spiro atoms. The fourth-order valence-corrected chi connectivity index (χ4v) is 3.77. The summed E-state index contributed by atoms with van der Waals surface area (Å²) in [7, 11) is 0. The first-order valence-corrected chi connectivity index (χ1v) is 8.10. The van der Waals surface area contributed by atoms with E-state index in [1.54, 1.807) is 23.1 Å². The average Bonchev–Trinajstić information content (AvgIpc) is 2.90. The summed E-state index contributed by atoms with van der Waals surface area (Å²) >= 11 is 1.39. The number of hydrogen-bond acceptors (Lipinski definition) is 3. The normalized spacial score (nSPS) is 19.5. The van der Waals surface area contributed by atoms with E-state index in [-0.39, 0.29) is 23.6 Å². The third kappa shape index (κ3) is 3.00. The molecule has 0 radical (unpaired) electrons. The van der Waals surface area contributed by atoms with E-state index in [1.165, 1.54) is 17.8 Å². The van der Waals surface area contributed by atoms with Gasteiger partial charge in [-0.15, -0.1) is 11.8 Å². The number of β-amino-alcohol motifs (C(OH)–C–C–N with tert-alkyl or cyclic N) is 1. The van der Waals surface area contributed by atoms with Crippen molar-refractivity contribution in [2.24, 2.45) is 0 Å². The molecule has 0 bridgehead atoms. The predicted octanol–water partition coefficient (Wildman–Crippen LogP) is 3.13. The van der Waals surface area contributed by atoms with E-state index in [1.807, 2.05) is 30.3 Å². The van der Waals surface area contributed by atoms with Crippen molar-refractivity contribution in [3.63, 3.8) is 0 Å². The number of rotatable bonds is 4. The van der Waals surface area contributed by atoms with E-state index in [9.17, 15) is 14.3 Å². The lowest BCUT2D eigenvalue weighted by atomic mass is 10.1. The van der Waals surface area contributed by atoms with Crippen molar-refractivity contribution in [3.8, 4) is 0 Å². The van der Waals surface area contributed by atoms with Crippen LogP contribution in [-0.4, -0.2) is 28.2 Å². The molecule has 2 aromatic rings. The highest BCUT2D eigenvalue weighted by molar-refractivity contribution is 8.00. The molecule has 1 amide bonds. The number of thioether (sulfide) groups is 1. The lowest BCUT2D eigenvalue weighted by Crippen LogP contribution is -2.32. The second kappa shape index (κ2) is 6.50. The molecule has 1 N–H and O–H groups in total. The summed E-state index contributed by atoms with van der Waals surface area (Å²) in [5.41, 5.74) is 1.23. The van der Waals surface area contributed by atoms with Gasteiger partial charge in [-0.1, -0.05) is 48.5 Å². The van der Waals surface area contributed by atoms with E-state index in [0.29, 0.717) is 11.3 Å². The summed E-state index contributed by atoms with van der Waals surface area (Å²) in [5.74, 6) is -0.0947. The number of hydrogen-bond donors (Lipinski definition) is 1. The molecule has 22 heavy (non-hydrogen) atoms. The summed E-state index contributed by atoms with van der Waals surface area (Å²) < 4.78 is 14.0. The van der Waals surface area contributed by atoms with Gasteiger partial charge in [-0.05, 0) is 11.6 Å². The Morgan fingerprint density at radius 1 is 1.18 bits per heavy atom. The zero-order valence-electron chi connectivity index (χ0n) is 11.9. The Balaban J connectivity index is 1.81. The number of halogens is 1. The van der Waals surface area contributed by atoms with Crippen molar-refractivity contribution in [2.75, 3.05) is 12.3 Å². The molecule has 0 aliphatic carbocycles. The van der Waals surface area contributed by atoms with Gasteiger partial charge in [0.15, 0.2) is 0 Å². The average molecular weight is 317 g/mol. The summed E-state index contributed by atoms with van der Waals surface area (Å²) in [4.78, 5) is 13.7. The van der Waals surface area contributed by atoms with Crippen LogP contribution in [-0.2, 0) is 4.79 Å². The van der Waals surface area contributed by atoms with Crippen molar-refractivity contribution in [1.82, 2.24) is 4.90 Å². The molecule has 1 heterocycles. The number of benzene rings is 2. The van der Waals surface area contributed by atoms with E-state index in [0.717, 1.165) is 5.56 Å². The van der Waals surface area contributed by atoms with Crippen LogP contribution in [0.5, 0.6) is 0 Å². The standard InChI is InChI=1S/C17H16FNO2S/c18-14-9-5-4-8-13(14)17-19(16(21)11-22-17)10-15(20)12-6-2-1-3-7-12/h1-9,15,17,20H,10-11H2/t15-,17-/m0/s1. The molecule has 3 rings (SSSR count). The van der Waals surface area contributed by atoms with Crippen LogP contribution in [0.15, 0.2) is 54.6 Å². The molecule has 0 unspecified atom stereocenters. The fourth-order valence-electron chi connectivity index (χ4n) is 2.55. The quantitative estimate of drug-likeness (QED) is 0.942. The Hall–Kier alpha value is -1.85. The molecule has 2 atom stereocenters. The first-order chi connectivity index (χ1) is 10.7. The highest BCUT2D eigenvalue weighted by Gasteiger charge is 2.35. The Morgan fingerprint density at radius 3 is 2.59 bits per heavy atom. The zero-order valence-corrected chi connectivity index (χ0v) is 12.7. The van der Waals surface area contributed by atoms with Gasteiger partial charge in [0.1, 0.15) is 11.2 Å². The molecule has 1 fully saturated rings. The molecule has 114 valence electrons. The van der Waals surface area contributed by atoms with Crippen LogP contribution in [0.2, 0.25) is 0 Å². The van der Waals surface area contributed by atoms with E-state index in [2.05, 4.69) is 0 Å². The summed E-state index contributed by atoms with van der Waals surface area (Å²) in [5, 5.41) is 9.95. The monoisotopic (exact) mass is 317 g/mol. The summed E-state index contributed by atoms with van der Waals surface area (Å²) in [6.45, 7) is 0.162. The van der Waals surface area contributed by atoms with Gasteiger partial charge in [0.2, 0.25) is 5.91 Å². The van der Waals surface area contributed by atoms with Gasteiger partial charge < -0.3 is 10.0 Å². The minimum Gasteiger partial charge on any atom is -0.387 e. The van der Waals surface area contributed by atoms with Crippen LogP contribution in [0, 0.1) is 5.82 Å². The number of amides is 1. The number of carbonyl (C=O) groups is 1. The van der Waals surface area contributed by atoms with E-state index in [4.69, 9.17) is 0 Å². The Kier molecular flexibility index (Phi) is 4.45. The molecular formula is C17H16FNO2S. The highest BCUT2D eigenvalue weighted by atomic mass is 32.2. The molecule has 3 nitrogen and oxygen atoms in total. The van der Waals surface area contributed by atoms with E-state index >= 15 is 0 Å². The maximum absolute atomic E-state index is 14.0. The van der Waals surface area contributed by atoms with Crippen LogP contribution in [0.1, 0.15) is 22.6 Å².